The van der Waals surface area contributed by atoms with Crippen molar-refractivity contribution in [2.24, 2.45) is 16.8 Å². The van der Waals surface area contributed by atoms with Crippen LogP contribution in [0, 0.1) is 11.8 Å². The van der Waals surface area contributed by atoms with E-state index in [0.717, 1.165) is 57.8 Å². The van der Waals surface area contributed by atoms with Gasteiger partial charge in [-0.2, -0.15) is 0 Å². The predicted octanol–water partition coefficient (Wildman–Crippen LogP) is 3.27. The number of halogens is 1. The molecule has 2 aliphatic rings. The lowest BCUT2D eigenvalue weighted by atomic mass is 9.97. The van der Waals surface area contributed by atoms with E-state index in [1.165, 1.54) is 30.8 Å². The smallest absolute Gasteiger partial charge is 0.191 e. The van der Waals surface area contributed by atoms with Crippen LogP contribution in [0.4, 0.5) is 0 Å². The summed E-state index contributed by atoms with van der Waals surface area (Å²) < 4.78 is 5.45. The van der Waals surface area contributed by atoms with Crippen LogP contribution in [-0.2, 0) is 4.74 Å². The molecule has 172 valence electrons. The van der Waals surface area contributed by atoms with E-state index in [2.05, 4.69) is 56.8 Å². The topological polar surface area (TPSA) is 52.1 Å². The number of thiophene rings is 1. The third-order valence-electron chi connectivity index (χ3n) is 6.11. The van der Waals surface area contributed by atoms with E-state index < -0.39 is 0 Å². The third kappa shape index (κ3) is 8.26. The minimum atomic E-state index is 0. The van der Waals surface area contributed by atoms with E-state index in [4.69, 9.17) is 4.74 Å². The van der Waals surface area contributed by atoms with Crippen molar-refractivity contribution < 1.29 is 4.74 Å². The Morgan fingerprint density at radius 3 is 2.53 bits per heavy atom. The van der Waals surface area contributed by atoms with Crippen molar-refractivity contribution in [1.82, 2.24) is 20.4 Å². The van der Waals surface area contributed by atoms with Crippen molar-refractivity contribution in [3.63, 3.8) is 0 Å². The van der Waals surface area contributed by atoms with Crippen molar-refractivity contribution in [3.8, 4) is 0 Å². The third-order valence-corrected chi connectivity index (χ3v) is 7.08. The monoisotopic (exact) mass is 549 g/mol. The number of nitrogens with one attached hydrogen (secondary N) is 2. The van der Waals surface area contributed by atoms with Gasteiger partial charge in [0.1, 0.15) is 0 Å². The zero-order chi connectivity index (χ0) is 20.5. The van der Waals surface area contributed by atoms with Gasteiger partial charge in [-0.15, -0.1) is 35.3 Å². The van der Waals surface area contributed by atoms with Gasteiger partial charge in [0.2, 0.25) is 0 Å². The molecule has 30 heavy (non-hydrogen) atoms. The zero-order valence-corrected chi connectivity index (χ0v) is 22.0. The molecule has 0 spiro atoms. The minimum absolute atomic E-state index is 0. The Kier molecular flexibility index (Phi) is 12.0. The van der Waals surface area contributed by atoms with Gasteiger partial charge in [0.05, 0.1) is 19.3 Å². The van der Waals surface area contributed by atoms with Crippen LogP contribution in [0.3, 0.4) is 0 Å². The van der Waals surface area contributed by atoms with Crippen molar-refractivity contribution in [2.75, 3.05) is 66.1 Å². The maximum atomic E-state index is 5.45. The Hall–Kier alpha value is -0.420. The van der Waals surface area contributed by atoms with Crippen molar-refractivity contribution >= 4 is 41.3 Å². The molecule has 6 nitrogen and oxygen atoms in total. The highest BCUT2D eigenvalue weighted by Crippen LogP contribution is 2.29. The number of aliphatic imine (C=N–C) groups is 1. The van der Waals surface area contributed by atoms with Crippen LogP contribution >= 0.6 is 35.3 Å². The molecule has 0 aliphatic carbocycles. The average molecular weight is 550 g/mol. The fourth-order valence-electron chi connectivity index (χ4n) is 4.20. The van der Waals surface area contributed by atoms with Gasteiger partial charge in [-0.3, -0.25) is 14.8 Å². The molecule has 1 aromatic heterocycles. The Bertz CT molecular complexity index is 601. The lowest BCUT2D eigenvalue weighted by Gasteiger charge is -2.36. The number of likely N-dealkylation sites (tertiary alicyclic amines) is 1. The highest BCUT2D eigenvalue weighted by molar-refractivity contribution is 14.0. The Morgan fingerprint density at radius 1 is 1.20 bits per heavy atom. The molecule has 8 heteroatoms. The van der Waals surface area contributed by atoms with Gasteiger partial charge < -0.3 is 15.4 Å². The van der Waals surface area contributed by atoms with Gasteiger partial charge >= 0.3 is 0 Å². The maximum absolute atomic E-state index is 5.45. The molecule has 0 radical (unpaired) electrons. The Balaban J connectivity index is 0.00000320. The molecule has 0 bridgehead atoms. The highest BCUT2D eigenvalue weighted by Gasteiger charge is 2.25. The molecular weight excluding hydrogens is 509 g/mol. The molecule has 1 aromatic rings. The SMILES string of the molecule is CN=C(NCC(C)CN1CCOCC1)NCC(c1cccs1)N1CCC(C)CC1.I. The van der Waals surface area contributed by atoms with Crippen LogP contribution in [0.25, 0.3) is 0 Å². The fourth-order valence-corrected chi connectivity index (χ4v) is 5.07. The van der Waals surface area contributed by atoms with Crippen LogP contribution in [0.5, 0.6) is 0 Å². The molecule has 0 aromatic carbocycles. The van der Waals surface area contributed by atoms with Crippen molar-refractivity contribution in [1.29, 1.82) is 0 Å². The maximum Gasteiger partial charge on any atom is 0.191 e. The fraction of sp³-hybridized carbons (Fsp3) is 0.773. The van der Waals surface area contributed by atoms with E-state index >= 15 is 0 Å². The number of hydrogen-bond donors (Lipinski definition) is 2. The molecule has 3 heterocycles. The minimum Gasteiger partial charge on any atom is -0.379 e. The number of rotatable bonds is 8. The first-order valence-electron chi connectivity index (χ1n) is 11.2. The van der Waals surface area contributed by atoms with Gasteiger partial charge in [-0.1, -0.05) is 19.9 Å². The van der Waals surface area contributed by atoms with Crippen LogP contribution in [0.15, 0.2) is 22.5 Å². The summed E-state index contributed by atoms with van der Waals surface area (Å²) in [6.45, 7) is 13.8. The first-order chi connectivity index (χ1) is 14.2. The summed E-state index contributed by atoms with van der Waals surface area (Å²) in [7, 11) is 1.87. The van der Waals surface area contributed by atoms with Gasteiger partial charge in [-0.25, -0.2) is 0 Å². The molecule has 2 atom stereocenters. The zero-order valence-electron chi connectivity index (χ0n) is 18.8. The number of nitrogens with zero attached hydrogens (tertiary/aromatic N) is 3. The second-order valence-corrected chi connectivity index (χ2v) is 9.58. The summed E-state index contributed by atoms with van der Waals surface area (Å²) in [5, 5.41) is 9.32. The predicted molar refractivity (Wildman–Crippen MR) is 138 cm³/mol. The van der Waals surface area contributed by atoms with Gasteiger partial charge in [-0.05, 0) is 49.2 Å². The molecule has 2 N–H and O–H groups in total. The van der Waals surface area contributed by atoms with Crippen LogP contribution in [0.1, 0.15) is 37.6 Å². The summed E-state index contributed by atoms with van der Waals surface area (Å²) >= 11 is 1.86. The molecule has 2 aliphatic heterocycles. The largest absolute Gasteiger partial charge is 0.379 e. The summed E-state index contributed by atoms with van der Waals surface area (Å²) in [5.74, 6) is 2.33. The quantitative estimate of drug-likeness (QED) is 0.296. The summed E-state index contributed by atoms with van der Waals surface area (Å²) in [6, 6.07) is 4.86. The first-order valence-corrected chi connectivity index (χ1v) is 12.1. The molecule has 2 fully saturated rings. The number of ether oxygens (including phenoxy) is 1. The lowest BCUT2D eigenvalue weighted by Crippen LogP contribution is -2.46. The first kappa shape index (κ1) is 25.8. The van der Waals surface area contributed by atoms with E-state index in [1.54, 1.807) is 0 Å². The lowest BCUT2D eigenvalue weighted by molar-refractivity contribution is 0.0320. The number of piperidine rings is 1. The normalized spacial score (nSPS) is 21.6. The van der Waals surface area contributed by atoms with E-state index in [0.29, 0.717) is 12.0 Å². The Labute approximate surface area is 203 Å². The summed E-state index contributed by atoms with van der Waals surface area (Å²) in [6.07, 6.45) is 2.60. The second kappa shape index (κ2) is 13.9. The molecule has 0 amide bonds. The van der Waals surface area contributed by atoms with Crippen LogP contribution < -0.4 is 10.6 Å². The average Bonchev–Trinajstić information content (AvgIpc) is 3.27. The number of guanidine groups is 1. The molecule has 0 saturated carbocycles. The molecule has 2 saturated heterocycles. The van der Waals surface area contributed by atoms with Crippen molar-refractivity contribution in [2.45, 2.75) is 32.7 Å². The van der Waals surface area contributed by atoms with Gasteiger partial charge in [0.25, 0.3) is 0 Å². The molecular formula is C22H40IN5OS. The number of hydrogen-bond acceptors (Lipinski definition) is 5. The standard InChI is InChI=1S/C22H39N5OS.HI/c1-18-6-8-27(9-7-18)20(21-5-4-14-29-21)16-25-22(23-3)24-15-19(2)17-26-10-12-28-13-11-26;/h4-5,14,18-20H,6-13,15-17H2,1-3H3,(H2,23,24,25);1H. The second-order valence-electron chi connectivity index (χ2n) is 8.60. The summed E-state index contributed by atoms with van der Waals surface area (Å²) in [5.41, 5.74) is 0. The van der Waals surface area contributed by atoms with Crippen LogP contribution in [-0.4, -0.2) is 81.8 Å². The van der Waals surface area contributed by atoms with Gasteiger partial charge in [0.15, 0.2) is 5.96 Å². The molecule has 3 rings (SSSR count). The number of morpholine rings is 1. The Morgan fingerprint density at radius 2 is 1.90 bits per heavy atom. The summed E-state index contributed by atoms with van der Waals surface area (Å²) in [4.78, 5) is 11.1. The van der Waals surface area contributed by atoms with E-state index in [1.807, 2.05) is 18.4 Å². The van der Waals surface area contributed by atoms with E-state index in [-0.39, 0.29) is 24.0 Å². The highest BCUT2D eigenvalue weighted by atomic mass is 127. The van der Waals surface area contributed by atoms with Gasteiger partial charge in [0, 0.05) is 44.6 Å². The van der Waals surface area contributed by atoms with E-state index in [9.17, 15) is 0 Å². The van der Waals surface area contributed by atoms with Crippen molar-refractivity contribution in [3.05, 3.63) is 22.4 Å². The van der Waals surface area contributed by atoms with Crippen LogP contribution in [0.2, 0.25) is 0 Å². The molecule has 2 unspecified atom stereocenters.